The number of aromatic nitrogens is 3. The third kappa shape index (κ3) is 7.05. The number of nitrogens with zero attached hydrogens (tertiary/aromatic N) is 6. The number of rotatable bonds is 11. The third-order valence-electron chi connectivity index (χ3n) is 10.2. The van der Waals surface area contributed by atoms with Crippen molar-refractivity contribution < 1.29 is 19.1 Å². The third-order valence-corrected chi connectivity index (χ3v) is 10.2. The van der Waals surface area contributed by atoms with Gasteiger partial charge >= 0.3 is 0 Å². The van der Waals surface area contributed by atoms with E-state index in [2.05, 4.69) is 36.5 Å². The van der Waals surface area contributed by atoms with Crippen molar-refractivity contribution in [1.29, 1.82) is 0 Å². The van der Waals surface area contributed by atoms with Crippen LogP contribution in [0.5, 0.6) is 0 Å². The van der Waals surface area contributed by atoms with E-state index < -0.39 is 0 Å². The van der Waals surface area contributed by atoms with Crippen LogP contribution in [0.4, 0.5) is 11.4 Å². The first kappa shape index (κ1) is 33.7. The van der Waals surface area contributed by atoms with Crippen LogP contribution in [0.3, 0.4) is 0 Å². The minimum atomic E-state index is -0.385. The Morgan fingerprint density at radius 3 is 2.52 bits per heavy atom. The van der Waals surface area contributed by atoms with Crippen LogP contribution in [-0.2, 0) is 27.4 Å². The first-order chi connectivity index (χ1) is 25.2. The fourth-order valence-corrected chi connectivity index (χ4v) is 7.05. The Morgan fingerprint density at radius 2 is 1.77 bits per heavy atom. The Morgan fingerprint density at radius 1 is 1.00 bits per heavy atom. The average molecular weight is 708 g/mol. The zero-order valence-corrected chi connectivity index (χ0v) is 29.3. The van der Waals surface area contributed by atoms with Crippen molar-refractivity contribution >= 4 is 29.1 Å². The van der Waals surface area contributed by atoms with Crippen molar-refractivity contribution in [2.45, 2.75) is 50.9 Å². The predicted molar refractivity (Wildman–Crippen MR) is 194 cm³/mol. The summed E-state index contributed by atoms with van der Waals surface area (Å²) in [5.41, 5.74) is 19.1. The number of pyridine rings is 1. The van der Waals surface area contributed by atoms with E-state index in [9.17, 15) is 14.4 Å². The highest BCUT2D eigenvalue weighted by molar-refractivity contribution is 5.96. The van der Waals surface area contributed by atoms with Crippen LogP contribution < -0.4 is 32.3 Å². The zero-order chi connectivity index (χ0) is 35.9. The molecule has 15 nitrogen and oxygen atoms in total. The lowest BCUT2D eigenvalue weighted by Gasteiger charge is -2.40. The van der Waals surface area contributed by atoms with Gasteiger partial charge in [0.25, 0.3) is 11.8 Å². The number of amides is 3. The lowest BCUT2D eigenvalue weighted by atomic mass is 9.97. The molecule has 7 N–H and O–H groups in total. The molecular formula is C37H45N11O4. The molecule has 4 fully saturated rings. The number of nitrogens with two attached hydrogens (primary N) is 2. The number of hydrogen-bond acceptors (Lipinski definition) is 11. The molecular weight excluding hydrogens is 662 g/mol. The Labute approximate surface area is 302 Å². The van der Waals surface area contributed by atoms with Crippen LogP contribution >= 0.6 is 0 Å². The van der Waals surface area contributed by atoms with Gasteiger partial charge in [0.05, 0.1) is 60.5 Å². The summed E-state index contributed by atoms with van der Waals surface area (Å²) >= 11 is 0. The predicted octanol–water partition coefficient (Wildman–Crippen LogP) is 1.61. The molecule has 0 bridgehead atoms. The molecule has 1 aromatic carbocycles. The van der Waals surface area contributed by atoms with Gasteiger partial charge in [-0.2, -0.15) is 5.10 Å². The molecule has 0 unspecified atom stereocenters. The quantitative estimate of drug-likeness (QED) is 0.144. The SMILES string of the molecule is CN1Cc2c(cnn2C2CN(Cc3cccc(C(=O)N4CCOCC4)n3)C2)-c2cccc(NC(/C=C(\N)NC(=O)C3CC3)=C(/N)C(=O)NC3CC3)c21. The summed E-state index contributed by atoms with van der Waals surface area (Å²) in [6, 6.07) is 11.9. The van der Waals surface area contributed by atoms with Crippen molar-refractivity contribution in [2.24, 2.45) is 17.4 Å². The number of nitrogens with one attached hydrogen (secondary N) is 3. The molecule has 52 heavy (non-hydrogen) atoms. The van der Waals surface area contributed by atoms with Crippen LogP contribution in [0, 0.1) is 5.92 Å². The number of carbonyl (C=O) groups excluding carboxylic acids is 3. The molecule has 0 atom stereocenters. The van der Waals surface area contributed by atoms with Gasteiger partial charge in [-0.1, -0.05) is 18.2 Å². The lowest BCUT2D eigenvalue weighted by molar-refractivity contribution is -0.121. The smallest absolute Gasteiger partial charge is 0.272 e. The van der Waals surface area contributed by atoms with Crippen molar-refractivity contribution in [3.8, 4) is 11.1 Å². The van der Waals surface area contributed by atoms with Crippen LogP contribution in [-0.4, -0.2) is 94.8 Å². The molecule has 2 aliphatic carbocycles. The number of para-hydroxylation sites is 1. The van der Waals surface area contributed by atoms with Crippen LogP contribution in [0.1, 0.15) is 53.6 Å². The molecule has 2 aromatic heterocycles. The monoisotopic (exact) mass is 707 g/mol. The number of morpholine rings is 1. The number of carbonyl (C=O) groups is 3. The molecule has 15 heteroatoms. The van der Waals surface area contributed by atoms with Gasteiger partial charge in [0.2, 0.25) is 5.91 Å². The Kier molecular flexibility index (Phi) is 9.05. The van der Waals surface area contributed by atoms with Crippen LogP contribution in [0.2, 0.25) is 0 Å². The summed E-state index contributed by atoms with van der Waals surface area (Å²) in [4.78, 5) is 49.4. The molecule has 3 aliphatic heterocycles. The van der Waals surface area contributed by atoms with Gasteiger partial charge < -0.3 is 42.0 Å². The van der Waals surface area contributed by atoms with Gasteiger partial charge in [0, 0.05) is 68.9 Å². The van der Waals surface area contributed by atoms with Crippen LogP contribution in [0.15, 0.2) is 65.9 Å². The maximum atomic E-state index is 13.1. The zero-order valence-electron chi connectivity index (χ0n) is 29.3. The summed E-state index contributed by atoms with van der Waals surface area (Å²) in [5, 5.41) is 13.9. The fraction of sp³-hybridized carbons (Fsp3) is 0.432. The van der Waals surface area contributed by atoms with E-state index in [1.807, 2.05) is 37.5 Å². The average Bonchev–Trinajstić information content (AvgIpc) is 4.08. The number of hydrogen-bond donors (Lipinski definition) is 5. The summed E-state index contributed by atoms with van der Waals surface area (Å²) in [7, 11) is 2.03. The number of fused-ring (bicyclic) bond motifs is 3. The molecule has 5 aliphatic rings. The summed E-state index contributed by atoms with van der Waals surface area (Å²) in [5.74, 6) is -0.480. The van der Waals surface area contributed by atoms with Crippen molar-refractivity contribution in [2.75, 3.05) is 56.7 Å². The van der Waals surface area contributed by atoms with Gasteiger partial charge in [0.1, 0.15) is 17.2 Å². The highest BCUT2D eigenvalue weighted by atomic mass is 16.5. The van der Waals surface area contributed by atoms with E-state index in [0.29, 0.717) is 50.8 Å². The van der Waals surface area contributed by atoms with Crippen molar-refractivity contribution in [3.05, 3.63) is 83.0 Å². The fourth-order valence-electron chi connectivity index (χ4n) is 7.05. The first-order valence-corrected chi connectivity index (χ1v) is 18.0. The topological polar surface area (TPSA) is 189 Å². The maximum Gasteiger partial charge on any atom is 0.272 e. The molecule has 0 spiro atoms. The summed E-state index contributed by atoms with van der Waals surface area (Å²) < 4.78 is 7.52. The number of likely N-dealkylation sites (tertiary alicyclic amines) is 1. The normalized spacial score (nSPS) is 19.6. The minimum absolute atomic E-state index is 0.0136. The van der Waals surface area contributed by atoms with E-state index in [1.54, 1.807) is 11.0 Å². The summed E-state index contributed by atoms with van der Waals surface area (Å²) in [6.45, 7) is 5.20. The first-order valence-electron chi connectivity index (χ1n) is 18.0. The second-order valence-corrected chi connectivity index (χ2v) is 14.3. The van der Waals surface area contributed by atoms with E-state index >= 15 is 0 Å². The van der Waals surface area contributed by atoms with Gasteiger partial charge in [-0.25, -0.2) is 4.98 Å². The molecule has 8 rings (SSSR count). The van der Waals surface area contributed by atoms with E-state index in [4.69, 9.17) is 26.3 Å². The van der Waals surface area contributed by atoms with Gasteiger partial charge in [-0.15, -0.1) is 0 Å². The molecule has 272 valence electrons. The standard InChI is InChI=1S/C37H45N11O4/c1-45-21-31-27(17-40-48(31)25-19-46(20-25)18-24-4-2-7-29(41-24)37(51)47-12-14-52-15-13-47)26-5-3-6-28(34(26)45)43-30(33(39)36(50)42-23-10-11-23)16-32(38)44-35(49)22-8-9-22/h2-7,16-17,22-23,25,43H,8-15,18-21,38-39H2,1H3,(H,42,50)(H,44,49)/b32-16+,33-30+. The summed E-state index contributed by atoms with van der Waals surface area (Å²) in [6.07, 6.45) is 6.98. The Balaban J connectivity index is 0.980. The number of anilines is 2. The molecule has 0 radical (unpaired) electrons. The second-order valence-electron chi connectivity index (χ2n) is 14.3. The van der Waals surface area contributed by atoms with E-state index in [-0.39, 0.29) is 47.2 Å². The maximum absolute atomic E-state index is 13.1. The van der Waals surface area contributed by atoms with E-state index in [1.165, 1.54) is 6.08 Å². The highest BCUT2D eigenvalue weighted by Gasteiger charge is 2.35. The minimum Gasteiger partial charge on any atom is -0.393 e. The molecule has 3 aromatic rings. The van der Waals surface area contributed by atoms with Crippen LogP contribution in [0.25, 0.3) is 11.1 Å². The lowest BCUT2D eigenvalue weighted by Crippen LogP contribution is -2.48. The van der Waals surface area contributed by atoms with Crippen molar-refractivity contribution in [3.63, 3.8) is 0 Å². The molecule has 5 heterocycles. The van der Waals surface area contributed by atoms with Gasteiger partial charge in [-0.3, -0.25) is 24.0 Å². The Bertz CT molecular complexity index is 1950. The molecule has 2 saturated heterocycles. The van der Waals surface area contributed by atoms with Crippen molar-refractivity contribution in [1.82, 2.24) is 35.2 Å². The van der Waals surface area contributed by atoms with Gasteiger partial charge in [-0.05, 0) is 43.9 Å². The molecule has 3 amide bonds. The van der Waals surface area contributed by atoms with E-state index in [0.717, 1.165) is 72.7 Å². The Hall–Kier alpha value is -5.41. The largest absolute Gasteiger partial charge is 0.393 e. The number of ether oxygens (including phenoxy) is 1. The molecule has 2 saturated carbocycles. The number of benzene rings is 1. The number of allylic oxidation sites excluding steroid dienone is 1. The van der Waals surface area contributed by atoms with Gasteiger partial charge in [0.15, 0.2) is 0 Å². The second kappa shape index (κ2) is 14.0. The highest BCUT2D eigenvalue weighted by Crippen LogP contribution is 2.44.